The number of hydrogen-bond donors (Lipinski definition) is 1. The normalized spacial score (nSPS) is 16.4. The number of aromatic nitrogens is 1. The summed E-state index contributed by atoms with van der Waals surface area (Å²) in [5, 5.41) is 11.1. The molecule has 0 unspecified atom stereocenters. The molecule has 7 nitrogen and oxygen atoms in total. The van der Waals surface area contributed by atoms with Gasteiger partial charge < -0.3 is 24.3 Å². The molecule has 1 saturated heterocycles. The molecule has 151 valence electrons. The van der Waals surface area contributed by atoms with Crippen LogP contribution in [0.3, 0.4) is 0 Å². The highest BCUT2D eigenvalue weighted by Gasteiger charge is 2.36. The van der Waals surface area contributed by atoms with Crippen molar-refractivity contribution in [2.75, 3.05) is 31.1 Å². The zero-order valence-electron chi connectivity index (χ0n) is 17.4. The molecule has 2 rings (SSSR count). The van der Waals surface area contributed by atoms with Gasteiger partial charge in [-0.1, -0.05) is 0 Å². The summed E-state index contributed by atoms with van der Waals surface area (Å²) in [6, 6.07) is 0. The van der Waals surface area contributed by atoms with E-state index in [1.54, 1.807) is 32.4 Å². The van der Waals surface area contributed by atoms with E-state index in [9.17, 15) is 9.90 Å². The molecular weight excluding hydrogens is 365 g/mol. The van der Waals surface area contributed by atoms with Gasteiger partial charge in [-0.2, -0.15) is 0 Å². The first kappa shape index (κ1) is 22.0. The van der Waals surface area contributed by atoms with Crippen LogP contribution in [0.25, 0.3) is 0 Å². The van der Waals surface area contributed by atoms with Crippen molar-refractivity contribution in [2.24, 2.45) is 0 Å². The van der Waals surface area contributed by atoms with Gasteiger partial charge in [0.15, 0.2) is 5.13 Å². The largest absolute Gasteiger partial charge is 0.444 e. The predicted molar refractivity (Wildman–Crippen MR) is 109 cm³/mol. The summed E-state index contributed by atoms with van der Waals surface area (Å²) in [6.07, 6.45) is 1.50. The summed E-state index contributed by atoms with van der Waals surface area (Å²) in [5.41, 5.74) is -2.16. The zero-order valence-corrected chi connectivity index (χ0v) is 18.2. The molecule has 0 spiro atoms. The molecule has 1 N–H and O–H groups in total. The molecule has 0 aromatic carbocycles. The minimum absolute atomic E-state index is 0.266. The van der Waals surface area contributed by atoms with Crippen LogP contribution < -0.4 is 9.68 Å². The van der Waals surface area contributed by atoms with Crippen molar-refractivity contribution in [3.05, 3.63) is 6.20 Å². The predicted octanol–water partition coefficient (Wildman–Crippen LogP) is 2.01. The zero-order chi connectivity index (χ0) is 20.5. The maximum Gasteiger partial charge on any atom is 0.410 e. The highest BCUT2D eigenvalue weighted by molar-refractivity contribution is 7.24. The Kier molecular flexibility index (Phi) is 6.49. The van der Waals surface area contributed by atoms with Crippen molar-refractivity contribution in [3.63, 3.8) is 0 Å². The second kappa shape index (κ2) is 7.97. The van der Waals surface area contributed by atoms with Gasteiger partial charge in [-0.15, -0.1) is 11.3 Å². The number of hydrogen-bond acceptors (Lipinski definition) is 7. The Morgan fingerprint density at radius 2 is 1.74 bits per heavy atom. The van der Waals surface area contributed by atoms with Gasteiger partial charge in [0, 0.05) is 37.2 Å². The van der Waals surface area contributed by atoms with Crippen LogP contribution in [-0.2, 0) is 9.39 Å². The van der Waals surface area contributed by atoms with Crippen LogP contribution in [0.5, 0.6) is 0 Å². The van der Waals surface area contributed by atoms with E-state index in [1.807, 2.05) is 34.6 Å². The lowest BCUT2D eigenvalue weighted by molar-refractivity contribution is -0.0892. The molecule has 2 heterocycles. The fourth-order valence-electron chi connectivity index (χ4n) is 2.23. The van der Waals surface area contributed by atoms with Gasteiger partial charge in [0.1, 0.15) is 5.60 Å². The van der Waals surface area contributed by atoms with Crippen LogP contribution in [0, 0.1) is 0 Å². The van der Waals surface area contributed by atoms with Gasteiger partial charge in [0.25, 0.3) is 0 Å². The first-order chi connectivity index (χ1) is 12.3. The van der Waals surface area contributed by atoms with Crippen molar-refractivity contribution in [3.8, 4) is 0 Å². The molecule has 9 heteroatoms. The average molecular weight is 396 g/mol. The van der Waals surface area contributed by atoms with Crippen molar-refractivity contribution in [1.82, 2.24) is 9.88 Å². The number of carbonyl (C=O) groups excluding carboxylic acids is 1. The van der Waals surface area contributed by atoms with Crippen LogP contribution in [0.2, 0.25) is 0 Å². The average Bonchev–Trinajstić information content (AvgIpc) is 2.99. The second-order valence-corrected chi connectivity index (χ2v) is 9.85. The molecular formula is C18H31BN3O4S. The van der Waals surface area contributed by atoms with Gasteiger partial charge in [0.05, 0.1) is 11.2 Å². The fourth-order valence-corrected chi connectivity index (χ4v) is 3.06. The third-order valence-electron chi connectivity index (χ3n) is 4.66. The fraction of sp³-hybridized carbons (Fsp3) is 0.778. The Morgan fingerprint density at radius 3 is 2.26 bits per heavy atom. The Balaban J connectivity index is 1.87. The summed E-state index contributed by atoms with van der Waals surface area (Å²) < 4.78 is 12.1. The van der Waals surface area contributed by atoms with Crippen molar-refractivity contribution < 1.29 is 19.3 Å². The number of anilines is 1. The number of amides is 1. The van der Waals surface area contributed by atoms with E-state index in [2.05, 4.69) is 9.88 Å². The number of nitrogens with zero attached hydrogens (tertiary/aromatic N) is 3. The molecule has 1 fully saturated rings. The van der Waals surface area contributed by atoms with Crippen molar-refractivity contribution in [2.45, 2.75) is 65.3 Å². The van der Waals surface area contributed by atoms with E-state index in [4.69, 9.17) is 9.39 Å². The molecule has 1 aromatic rings. The lowest BCUT2D eigenvalue weighted by Crippen LogP contribution is -2.50. The Labute approximate surface area is 166 Å². The number of carbonyl (C=O) groups is 1. The Morgan fingerprint density at radius 1 is 1.15 bits per heavy atom. The van der Waals surface area contributed by atoms with Gasteiger partial charge in [0.2, 0.25) is 0 Å². The van der Waals surface area contributed by atoms with Gasteiger partial charge >= 0.3 is 13.6 Å². The van der Waals surface area contributed by atoms with E-state index >= 15 is 0 Å². The Hall–Kier alpha value is -1.32. The molecule has 0 atom stereocenters. The summed E-state index contributed by atoms with van der Waals surface area (Å²) in [4.78, 5) is 20.5. The number of rotatable bonds is 5. The van der Waals surface area contributed by atoms with Crippen LogP contribution in [0.1, 0.15) is 48.5 Å². The summed E-state index contributed by atoms with van der Waals surface area (Å²) in [6.45, 7) is 15.4. The quantitative estimate of drug-likeness (QED) is 0.768. The molecule has 0 aliphatic carbocycles. The number of ether oxygens (including phenoxy) is 1. The van der Waals surface area contributed by atoms with Crippen molar-refractivity contribution in [1.29, 1.82) is 0 Å². The molecule has 1 aliphatic heterocycles. The maximum atomic E-state index is 12.2. The molecule has 1 aliphatic rings. The van der Waals surface area contributed by atoms with E-state index < -0.39 is 16.8 Å². The van der Waals surface area contributed by atoms with Gasteiger partial charge in [-0.05, 0) is 48.5 Å². The molecule has 0 bridgehead atoms. The van der Waals surface area contributed by atoms with Crippen LogP contribution in [0.15, 0.2) is 6.20 Å². The highest BCUT2D eigenvalue weighted by atomic mass is 32.1. The van der Waals surface area contributed by atoms with E-state index in [-0.39, 0.29) is 6.09 Å². The summed E-state index contributed by atoms with van der Waals surface area (Å²) >= 11 is 1.53. The third-order valence-corrected chi connectivity index (χ3v) is 5.64. The molecule has 27 heavy (non-hydrogen) atoms. The van der Waals surface area contributed by atoms with E-state index in [1.165, 1.54) is 11.3 Å². The maximum absolute atomic E-state index is 12.2. The summed E-state index contributed by atoms with van der Waals surface area (Å²) in [5.74, 6) is 0. The van der Waals surface area contributed by atoms with Crippen molar-refractivity contribution >= 4 is 34.8 Å². The molecule has 1 aromatic heterocycles. The van der Waals surface area contributed by atoms with Crippen LogP contribution in [-0.4, -0.2) is 71.5 Å². The number of aliphatic hydroxyl groups is 1. The third kappa shape index (κ3) is 6.09. The number of piperazine rings is 1. The number of thiazole rings is 1. The standard InChI is InChI=1S/C18H31BN3O4S/c1-16(2,3)25-15(23)22-10-8-21(9-11-22)14-20-12-13(27-14)19-26-18(6,7)17(4,5)24/h12,24H,8-11H2,1-7H3. The minimum Gasteiger partial charge on any atom is -0.444 e. The topological polar surface area (TPSA) is 75.1 Å². The lowest BCUT2D eigenvalue weighted by Gasteiger charge is -2.37. The van der Waals surface area contributed by atoms with Gasteiger partial charge in [-0.25, -0.2) is 9.78 Å². The second-order valence-electron chi connectivity index (χ2n) is 8.80. The molecule has 1 amide bonds. The minimum atomic E-state index is -0.963. The highest BCUT2D eigenvalue weighted by Crippen LogP contribution is 2.25. The van der Waals surface area contributed by atoms with E-state index in [0.29, 0.717) is 26.2 Å². The SMILES string of the molecule is CC(C)(C)OC(=O)N1CCN(c2ncc([B]OC(C)(C)C(C)(C)O)s2)CC1. The van der Waals surface area contributed by atoms with Crippen LogP contribution in [0.4, 0.5) is 9.93 Å². The van der Waals surface area contributed by atoms with E-state index in [0.717, 1.165) is 9.91 Å². The molecule has 1 radical (unpaired) electrons. The first-order valence-corrected chi connectivity index (χ1v) is 10.0. The Bertz CT molecular complexity index is 644. The van der Waals surface area contributed by atoms with Gasteiger partial charge in [-0.3, -0.25) is 0 Å². The smallest absolute Gasteiger partial charge is 0.410 e. The first-order valence-electron chi connectivity index (χ1n) is 9.21. The van der Waals surface area contributed by atoms with Crippen LogP contribution >= 0.6 is 11.3 Å². The summed E-state index contributed by atoms with van der Waals surface area (Å²) in [7, 11) is 1.65. The monoisotopic (exact) mass is 396 g/mol. The lowest BCUT2D eigenvalue weighted by atomic mass is 9.86. The molecule has 0 saturated carbocycles.